The van der Waals surface area contributed by atoms with E-state index < -0.39 is 0 Å². The van der Waals surface area contributed by atoms with Crippen molar-refractivity contribution < 1.29 is 0 Å². The molecular weight excluding hydrogens is 502 g/mol. The molecule has 0 aliphatic heterocycles. The zero-order valence-electron chi connectivity index (χ0n) is 22.0. The van der Waals surface area contributed by atoms with E-state index in [2.05, 4.69) is 136 Å². The summed E-state index contributed by atoms with van der Waals surface area (Å²) in [7, 11) is 0. The van der Waals surface area contributed by atoms with Gasteiger partial charge in [0.1, 0.15) is 0 Å². The van der Waals surface area contributed by atoms with E-state index >= 15 is 0 Å². The van der Waals surface area contributed by atoms with Crippen molar-refractivity contribution in [3.8, 4) is 22.3 Å². The fourth-order valence-corrected chi connectivity index (χ4v) is 5.83. The summed E-state index contributed by atoms with van der Waals surface area (Å²) in [6, 6.07) is 30.9. The van der Waals surface area contributed by atoms with E-state index in [0.717, 1.165) is 31.7 Å². The maximum Gasteiger partial charge on any atom is 0.0474 e. The number of anilines is 1. The minimum absolute atomic E-state index is 0.101. The number of fused-ring (bicyclic) bond motifs is 2. The zero-order chi connectivity index (χ0) is 25.8. The summed E-state index contributed by atoms with van der Waals surface area (Å²) in [6.07, 6.45) is 0. The Labute approximate surface area is 223 Å². The zero-order valence-corrected chi connectivity index (χ0v) is 23.6. The van der Waals surface area contributed by atoms with Gasteiger partial charge in [-0.3, -0.25) is 0 Å². The second-order valence-electron chi connectivity index (χ2n) is 11.8. The van der Waals surface area contributed by atoms with E-state index in [0.29, 0.717) is 0 Å². The largest absolute Gasteiger partial charge is 0.398 e. The van der Waals surface area contributed by atoms with Gasteiger partial charge in [-0.15, -0.1) is 0 Å². The highest BCUT2D eigenvalue weighted by atomic mass is 79.9. The molecule has 0 unspecified atom stereocenters. The summed E-state index contributed by atoms with van der Waals surface area (Å²) in [5.74, 6) is 0. The average molecular weight is 537 g/mol. The molecule has 0 radical (unpaired) electrons. The average Bonchev–Trinajstić information content (AvgIpc) is 2.85. The third kappa shape index (κ3) is 4.22. The second-order valence-corrected chi connectivity index (χ2v) is 12.6. The maximum atomic E-state index is 6.79. The van der Waals surface area contributed by atoms with Crippen LogP contribution in [0.15, 0.2) is 89.4 Å². The maximum absolute atomic E-state index is 6.79. The highest BCUT2D eigenvalue weighted by Gasteiger charge is 2.20. The minimum atomic E-state index is 0.101. The smallest absolute Gasteiger partial charge is 0.0474 e. The van der Waals surface area contributed by atoms with E-state index in [1.54, 1.807) is 0 Å². The Balaban J connectivity index is 1.85. The van der Waals surface area contributed by atoms with Crippen molar-refractivity contribution in [1.82, 2.24) is 0 Å². The standard InChI is InChI=1S/C34H34BrN/c1-33(2,3)23-15-11-21(12-16-23)25-19-20-28-30(31(35)26-9-7-8-10-27(26)32(28)36)29(25)22-13-17-24(18-14-22)34(4,5)6/h7-20H,36H2,1-6H3. The molecule has 1 nitrogen and oxygen atoms in total. The summed E-state index contributed by atoms with van der Waals surface area (Å²) in [4.78, 5) is 0. The molecule has 0 bridgehead atoms. The van der Waals surface area contributed by atoms with Gasteiger partial charge in [0.15, 0.2) is 0 Å². The van der Waals surface area contributed by atoms with Gasteiger partial charge in [0, 0.05) is 26.3 Å². The highest BCUT2D eigenvalue weighted by molar-refractivity contribution is 9.10. The molecule has 0 aromatic heterocycles. The van der Waals surface area contributed by atoms with Gasteiger partial charge in [0.2, 0.25) is 0 Å². The topological polar surface area (TPSA) is 26.0 Å². The SMILES string of the molecule is CC(C)(C)c1ccc(-c2ccc3c(N)c4ccccc4c(Br)c3c2-c2ccc(C(C)(C)C)cc2)cc1. The molecule has 0 aliphatic carbocycles. The molecule has 36 heavy (non-hydrogen) atoms. The van der Waals surface area contributed by atoms with E-state index in [1.165, 1.54) is 33.4 Å². The van der Waals surface area contributed by atoms with Crippen LogP contribution >= 0.6 is 15.9 Å². The number of nitrogen functional groups attached to an aromatic ring is 1. The molecule has 0 spiro atoms. The third-order valence-electron chi connectivity index (χ3n) is 7.27. The monoisotopic (exact) mass is 535 g/mol. The molecule has 0 saturated heterocycles. The first-order chi connectivity index (χ1) is 17.0. The van der Waals surface area contributed by atoms with Crippen LogP contribution in [-0.4, -0.2) is 0 Å². The summed E-state index contributed by atoms with van der Waals surface area (Å²) < 4.78 is 1.09. The fraction of sp³-hybridized carbons (Fsp3) is 0.235. The van der Waals surface area contributed by atoms with E-state index in [4.69, 9.17) is 5.73 Å². The van der Waals surface area contributed by atoms with Gasteiger partial charge in [-0.1, -0.05) is 126 Å². The summed E-state index contributed by atoms with van der Waals surface area (Å²) in [5, 5.41) is 4.45. The quantitative estimate of drug-likeness (QED) is 0.176. The van der Waals surface area contributed by atoms with Crippen LogP contribution in [0.1, 0.15) is 52.7 Å². The van der Waals surface area contributed by atoms with Gasteiger partial charge >= 0.3 is 0 Å². The van der Waals surface area contributed by atoms with Crippen molar-refractivity contribution >= 4 is 43.2 Å². The molecule has 5 rings (SSSR count). The molecule has 5 aromatic rings. The fourth-order valence-electron chi connectivity index (χ4n) is 5.07. The highest BCUT2D eigenvalue weighted by Crippen LogP contribution is 2.47. The summed E-state index contributed by atoms with van der Waals surface area (Å²) in [6.45, 7) is 13.5. The lowest BCUT2D eigenvalue weighted by Crippen LogP contribution is -2.10. The van der Waals surface area contributed by atoms with Crippen LogP contribution in [0.5, 0.6) is 0 Å². The van der Waals surface area contributed by atoms with Gasteiger partial charge in [0.25, 0.3) is 0 Å². The normalized spacial score (nSPS) is 12.4. The molecule has 5 aromatic carbocycles. The van der Waals surface area contributed by atoms with Crippen LogP contribution in [0.2, 0.25) is 0 Å². The van der Waals surface area contributed by atoms with E-state index in [-0.39, 0.29) is 10.8 Å². The van der Waals surface area contributed by atoms with Crippen molar-refractivity contribution in [2.24, 2.45) is 0 Å². The molecule has 0 aliphatic rings. The molecule has 0 atom stereocenters. The van der Waals surface area contributed by atoms with Crippen LogP contribution in [0.4, 0.5) is 5.69 Å². The number of hydrogen-bond acceptors (Lipinski definition) is 1. The van der Waals surface area contributed by atoms with Gasteiger partial charge in [-0.2, -0.15) is 0 Å². The Bertz CT molecular complexity index is 1580. The Morgan fingerprint density at radius 3 is 1.58 bits per heavy atom. The Hall–Kier alpha value is -3.10. The molecule has 0 amide bonds. The lowest BCUT2D eigenvalue weighted by atomic mass is 9.83. The Morgan fingerprint density at radius 2 is 1.06 bits per heavy atom. The van der Waals surface area contributed by atoms with Crippen LogP contribution in [0.25, 0.3) is 43.8 Å². The Morgan fingerprint density at radius 1 is 0.556 bits per heavy atom. The van der Waals surface area contributed by atoms with E-state index in [1.807, 2.05) is 6.07 Å². The minimum Gasteiger partial charge on any atom is -0.398 e. The number of nitrogens with two attached hydrogens (primary N) is 1. The van der Waals surface area contributed by atoms with E-state index in [9.17, 15) is 0 Å². The van der Waals surface area contributed by atoms with Crippen molar-refractivity contribution in [1.29, 1.82) is 0 Å². The first kappa shape index (κ1) is 24.6. The predicted molar refractivity (Wildman–Crippen MR) is 162 cm³/mol. The molecule has 0 fully saturated rings. The number of hydrogen-bond donors (Lipinski definition) is 1. The summed E-state index contributed by atoms with van der Waals surface area (Å²) in [5.41, 5.74) is 15.3. The van der Waals surface area contributed by atoms with Crippen molar-refractivity contribution in [3.63, 3.8) is 0 Å². The predicted octanol–water partition coefficient (Wildman–Crippen LogP) is 10.3. The van der Waals surface area contributed by atoms with Gasteiger partial charge in [0.05, 0.1) is 0 Å². The van der Waals surface area contributed by atoms with Crippen molar-refractivity contribution in [3.05, 3.63) is 101 Å². The molecular formula is C34H34BrN. The van der Waals surface area contributed by atoms with Gasteiger partial charge < -0.3 is 5.73 Å². The van der Waals surface area contributed by atoms with Crippen molar-refractivity contribution in [2.75, 3.05) is 5.73 Å². The molecule has 0 saturated carbocycles. The first-order valence-corrected chi connectivity index (χ1v) is 13.4. The lowest BCUT2D eigenvalue weighted by Gasteiger charge is -2.22. The van der Waals surface area contributed by atoms with Crippen LogP contribution < -0.4 is 5.73 Å². The molecule has 2 heteroatoms. The Kier molecular flexibility index (Phi) is 6.00. The lowest BCUT2D eigenvalue weighted by molar-refractivity contribution is 0.590. The number of halogens is 1. The van der Waals surface area contributed by atoms with Gasteiger partial charge in [-0.05, 0) is 65.5 Å². The van der Waals surface area contributed by atoms with Gasteiger partial charge in [-0.25, -0.2) is 0 Å². The first-order valence-electron chi connectivity index (χ1n) is 12.6. The van der Waals surface area contributed by atoms with Crippen LogP contribution in [-0.2, 0) is 10.8 Å². The molecule has 182 valence electrons. The molecule has 0 heterocycles. The van der Waals surface area contributed by atoms with Crippen LogP contribution in [0, 0.1) is 0 Å². The summed E-state index contributed by atoms with van der Waals surface area (Å²) >= 11 is 4.00. The third-order valence-corrected chi connectivity index (χ3v) is 8.09. The number of rotatable bonds is 2. The van der Waals surface area contributed by atoms with Crippen LogP contribution in [0.3, 0.4) is 0 Å². The second kappa shape index (κ2) is 8.78. The van der Waals surface area contributed by atoms with Crippen molar-refractivity contribution in [2.45, 2.75) is 52.4 Å². The number of benzene rings is 5. The molecule has 2 N–H and O–H groups in total.